The van der Waals surface area contributed by atoms with Gasteiger partial charge in [-0.25, -0.2) is 0 Å². The van der Waals surface area contributed by atoms with Crippen LogP contribution in [-0.4, -0.2) is 48.7 Å². The van der Waals surface area contributed by atoms with Crippen molar-refractivity contribution in [1.82, 2.24) is 10.2 Å². The molecule has 1 aliphatic rings. The summed E-state index contributed by atoms with van der Waals surface area (Å²) in [5, 5.41) is 6.87. The minimum absolute atomic E-state index is 0.213. The summed E-state index contributed by atoms with van der Waals surface area (Å²) in [7, 11) is 3.07. The quantitative estimate of drug-likeness (QED) is 0.589. The molecule has 1 atom stereocenters. The Bertz CT molecular complexity index is 1140. The molecule has 0 saturated carbocycles. The molecule has 168 valence electrons. The number of rotatable bonds is 6. The Morgan fingerprint density at radius 2 is 1.55 bits per heavy atom. The number of oxime groups is 1. The van der Waals surface area contributed by atoms with Crippen molar-refractivity contribution >= 4 is 17.5 Å². The van der Waals surface area contributed by atoms with Gasteiger partial charge >= 0.3 is 0 Å². The first-order chi connectivity index (χ1) is 16.1. The predicted molar refractivity (Wildman–Crippen MR) is 129 cm³/mol. The zero-order valence-electron chi connectivity index (χ0n) is 18.8. The summed E-state index contributed by atoms with van der Waals surface area (Å²) >= 11 is 0. The van der Waals surface area contributed by atoms with E-state index in [1.807, 2.05) is 84.9 Å². The second-order valence-corrected chi connectivity index (χ2v) is 8.12. The number of hydrogen-bond donors (Lipinski definition) is 1. The van der Waals surface area contributed by atoms with Crippen LogP contribution >= 0.6 is 0 Å². The summed E-state index contributed by atoms with van der Waals surface area (Å²) in [5.74, 6) is -0.433. The molecular weight excluding hydrogens is 414 g/mol. The maximum atomic E-state index is 13.7. The van der Waals surface area contributed by atoms with Gasteiger partial charge in [0.25, 0.3) is 5.91 Å². The highest BCUT2D eigenvalue weighted by atomic mass is 16.6. The van der Waals surface area contributed by atoms with Gasteiger partial charge in [-0.15, -0.1) is 0 Å². The lowest BCUT2D eigenvalue weighted by molar-refractivity contribution is -0.130. The smallest absolute Gasteiger partial charge is 0.255 e. The number of carbonyl (C=O) groups excluding carboxylic acids is 2. The summed E-state index contributed by atoms with van der Waals surface area (Å²) in [6, 6.07) is 27.2. The fraction of sp³-hybridized carbons (Fsp3) is 0.222. The molecule has 3 aromatic carbocycles. The topological polar surface area (TPSA) is 71.0 Å². The van der Waals surface area contributed by atoms with Gasteiger partial charge in [0.2, 0.25) is 5.91 Å². The number of likely N-dealkylation sites (N-methyl/N-ethyl adjacent to an activating group) is 1. The fourth-order valence-electron chi connectivity index (χ4n) is 4.48. The Kier molecular flexibility index (Phi) is 6.54. The van der Waals surface area contributed by atoms with E-state index in [0.717, 1.165) is 16.7 Å². The summed E-state index contributed by atoms with van der Waals surface area (Å²) in [6.45, 7) is 0.230. The molecule has 1 heterocycles. The lowest BCUT2D eigenvalue weighted by Gasteiger charge is -2.36. The maximum absolute atomic E-state index is 13.7. The number of carbonyl (C=O) groups is 2. The van der Waals surface area contributed by atoms with Crippen molar-refractivity contribution in [3.8, 4) is 11.1 Å². The van der Waals surface area contributed by atoms with Gasteiger partial charge in [0.05, 0.1) is 12.3 Å². The van der Waals surface area contributed by atoms with Gasteiger partial charge in [-0.2, -0.15) is 0 Å². The average Bonchev–Trinajstić information content (AvgIpc) is 3.23. The normalized spacial score (nSPS) is 18.8. The number of nitrogens with one attached hydrogen (secondary N) is 1. The van der Waals surface area contributed by atoms with Crippen molar-refractivity contribution in [2.24, 2.45) is 5.16 Å². The average molecular weight is 442 g/mol. The summed E-state index contributed by atoms with van der Waals surface area (Å²) in [6.07, 6.45) is 0.688. The van der Waals surface area contributed by atoms with E-state index < -0.39 is 5.54 Å². The van der Waals surface area contributed by atoms with Gasteiger partial charge in [0.1, 0.15) is 12.6 Å². The van der Waals surface area contributed by atoms with E-state index in [0.29, 0.717) is 24.1 Å². The second kappa shape index (κ2) is 9.69. The Labute approximate surface area is 193 Å². The predicted octanol–water partition coefficient (Wildman–Crippen LogP) is 3.93. The highest BCUT2D eigenvalue weighted by molar-refractivity contribution is 6.07. The highest BCUT2D eigenvalue weighted by Crippen LogP contribution is 2.34. The minimum atomic E-state index is -1.09. The highest BCUT2D eigenvalue weighted by Gasteiger charge is 2.52. The number of likely N-dealkylation sites (tertiary alicyclic amines) is 1. The van der Waals surface area contributed by atoms with Crippen molar-refractivity contribution < 1.29 is 14.4 Å². The Balaban J connectivity index is 1.71. The van der Waals surface area contributed by atoms with Crippen LogP contribution in [0.2, 0.25) is 0 Å². The van der Waals surface area contributed by atoms with Crippen LogP contribution in [0.5, 0.6) is 0 Å². The molecule has 0 radical (unpaired) electrons. The van der Waals surface area contributed by atoms with E-state index in [4.69, 9.17) is 4.84 Å². The molecular formula is C27H27N3O3. The third kappa shape index (κ3) is 4.51. The molecule has 1 saturated heterocycles. The van der Waals surface area contributed by atoms with E-state index in [2.05, 4.69) is 10.5 Å². The van der Waals surface area contributed by atoms with Crippen LogP contribution in [0, 0.1) is 0 Å². The standard InChI is InChI=1S/C27H27N3O3/c1-28-26(32)27(17-20-9-5-3-6-10-20)18-24(29-33-2)19-30(27)25(31)23-15-13-22(14-16-23)21-11-7-4-8-12-21/h3-16H,17-19H2,1-2H3,(H,28,32). The number of hydrogen-bond acceptors (Lipinski definition) is 4. The van der Waals surface area contributed by atoms with Crippen LogP contribution in [0.1, 0.15) is 22.3 Å². The molecule has 1 N–H and O–H groups in total. The van der Waals surface area contributed by atoms with E-state index in [1.54, 1.807) is 11.9 Å². The summed E-state index contributed by atoms with van der Waals surface area (Å²) in [4.78, 5) is 33.6. The third-order valence-corrected chi connectivity index (χ3v) is 6.05. The molecule has 1 fully saturated rings. The molecule has 6 heteroatoms. The summed E-state index contributed by atoms with van der Waals surface area (Å²) < 4.78 is 0. The molecule has 0 bridgehead atoms. The molecule has 2 amide bonds. The van der Waals surface area contributed by atoms with E-state index >= 15 is 0 Å². The number of amides is 2. The zero-order chi connectivity index (χ0) is 23.3. The SMILES string of the molecule is CNC(=O)C1(Cc2ccccc2)CC(=NOC)CN1C(=O)c1ccc(-c2ccccc2)cc1. The van der Waals surface area contributed by atoms with Crippen LogP contribution in [0.25, 0.3) is 11.1 Å². The van der Waals surface area contributed by atoms with E-state index in [-0.39, 0.29) is 18.4 Å². The molecule has 1 aliphatic heterocycles. The number of nitrogens with zero attached hydrogens (tertiary/aromatic N) is 2. The molecule has 3 aromatic rings. The second-order valence-electron chi connectivity index (χ2n) is 8.12. The maximum Gasteiger partial charge on any atom is 0.255 e. The molecule has 0 spiro atoms. The molecule has 0 aromatic heterocycles. The molecule has 4 rings (SSSR count). The Morgan fingerprint density at radius 1 is 0.939 bits per heavy atom. The fourth-order valence-corrected chi connectivity index (χ4v) is 4.48. The van der Waals surface area contributed by atoms with Gasteiger partial charge in [-0.3, -0.25) is 9.59 Å². The van der Waals surface area contributed by atoms with Crippen molar-refractivity contribution in [2.45, 2.75) is 18.4 Å². The minimum Gasteiger partial charge on any atom is -0.399 e. The van der Waals surface area contributed by atoms with Crippen molar-refractivity contribution in [3.05, 3.63) is 96.1 Å². The molecule has 33 heavy (non-hydrogen) atoms. The summed E-state index contributed by atoms with van der Waals surface area (Å²) in [5.41, 5.74) is 3.16. The lowest BCUT2D eigenvalue weighted by Crippen LogP contribution is -2.58. The van der Waals surface area contributed by atoms with Crippen LogP contribution < -0.4 is 5.32 Å². The van der Waals surface area contributed by atoms with Gasteiger partial charge < -0.3 is 15.1 Å². The Morgan fingerprint density at radius 3 is 2.15 bits per heavy atom. The van der Waals surface area contributed by atoms with Gasteiger partial charge in [-0.1, -0.05) is 78.0 Å². The third-order valence-electron chi connectivity index (χ3n) is 6.05. The lowest BCUT2D eigenvalue weighted by atomic mass is 9.86. The van der Waals surface area contributed by atoms with Gasteiger partial charge in [-0.05, 0) is 28.8 Å². The van der Waals surface area contributed by atoms with Gasteiger partial charge in [0, 0.05) is 25.5 Å². The first-order valence-corrected chi connectivity index (χ1v) is 10.9. The molecule has 0 aliphatic carbocycles. The first-order valence-electron chi connectivity index (χ1n) is 10.9. The van der Waals surface area contributed by atoms with E-state index in [9.17, 15) is 9.59 Å². The first kappa shape index (κ1) is 22.3. The van der Waals surface area contributed by atoms with Gasteiger partial charge in [0.15, 0.2) is 0 Å². The van der Waals surface area contributed by atoms with Crippen LogP contribution in [0.3, 0.4) is 0 Å². The molecule has 6 nitrogen and oxygen atoms in total. The van der Waals surface area contributed by atoms with Crippen molar-refractivity contribution in [2.75, 3.05) is 20.7 Å². The van der Waals surface area contributed by atoms with Crippen LogP contribution in [-0.2, 0) is 16.1 Å². The Hall–Kier alpha value is -3.93. The number of benzene rings is 3. The van der Waals surface area contributed by atoms with Crippen LogP contribution in [0.15, 0.2) is 90.1 Å². The zero-order valence-corrected chi connectivity index (χ0v) is 18.8. The van der Waals surface area contributed by atoms with Crippen molar-refractivity contribution in [3.63, 3.8) is 0 Å². The van der Waals surface area contributed by atoms with E-state index in [1.165, 1.54) is 7.11 Å². The monoisotopic (exact) mass is 441 g/mol. The van der Waals surface area contributed by atoms with Crippen LogP contribution in [0.4, 0.5) is 0 Å². The van der Waals surface area contributed by atoms with Crippen molar-refractivity contribution in [1.29, 1.82) is 0 Å². The molecule has 1 unspecified atom stereocenters. The largest absolute Gasteiger partial charge is 0.399 e.